The highest BCUT2D eigenvalue weighted by atomic mass is 16.6. The normalized spacial score (nSPS) is 15.0. The van der Waals surface area contributed by atoms with Crippen LogP contribution in [0.25, 0.3) is 22.2 Å². The molecule has 0 saturated heterocycles. The highest BCUT2D eigenvalue weighted by Gasteiger charge is 2.16. The number of fused-ring (bicyclic) bond motifs is 1. The fourth-order valence-electron chi connectivity index (χ4n) is 3.58. The zero-order chi connectivity index (χ0) is 18.8. The number of nitrogens with zero attached hydrogens (tertiary/aromatic N) is 3. The molecular formula is C19H19N5O3. The number of rotatable bonds is 4. The molecule has 0 aliphatic heterocycles. The molecule has 2 aromatic heterocycles. The summed E-state index contributed by atoms with van der Waals surface area (Å²) >= 11 is 0. The van der Waals surface area contributed by atoms with Gasteiger partial charge in [0.25, 0.3) is 11.2 Å². The van der Waals surface area contributed by atoms with Gasteiger partial charge in [0.2, 0.25) is 5.95 Å². The molecule has 2 heterocycles. The summed E-state index contributed by atoms with van der Waals surface area (Å²) in [4.78, 5) is 34.7. The molecule has 1 aliphatic rings. The molecule has 8 heteroatoms. The van der Waals surface area contributed by atoms with Crippen LogP contribution in [0.1, 0.15) is 32.1 Å². The number of hydrogen-bond donors (Lipinski definition) is 2. The maximum atomic E-state index is 12.7. The van der Waals surface area contributed by atoms with Gasteiger partial charge in [-0.25, -0.2) is 4.98 Å². The third-order valence-electron chi connectivity index (χ3n) is 4.94. The molecule has 1 aliphatic carbocycles. The van der Waals surface area contributed by atoms with Crippen LogP contribution in [0.5, 0.6) is 0 Å². The molecule has 1 saturated carbocycles. The second-order valence-corrected chi connectivity index (χ2v) is 6.75. The van der Waals surface area contributed by atoms with Gasteiger partial charge in [-0.05, 0) is 42.2 Å². The van der Waals surface area contributed by atoms with Crippen molar-refractivity contribution < 1.29 is 4.92 Å². The van der Waals surface area contributed by atoms with Gasteiger partial charge >= 0.3 is 0 Å². The van der Waals surface area contributed by atoms with Crippen molar-refractivity contribution in [3.05, 3.63) is 57.0 Å². The second kappa shape index (κ2) is 7.14. The van der Waals surface area contributed by atoms with Gasteiger partial charge in [0.05, 0.1) is 10.3 Å². The largest absolute Gasteiger partial charge is 0.353 e. The van der Waals surface area contributed by atoms with Crippen LogP contribution in [0.3, 0.4) is 0 Å². The summed E-state index contributed by atoms with van der Waals surface area (Å²) in [5.74, 6) is 0.438. The lowest BCUT2D eigenvalue weighted by molar-refractivity contribution is -0.384. The van der Waals surface area contributed by atoms with E-state index >= 15 is 0 Å². The first-order chi connectivity index (χ1) is 13.1. The first-order valence-electron chi connectivity index (χ1n) is 9.02. The van der Waals surface area contributed by atoms with Crippen molar-refractivity contribution in [2.45, 2.75) is 38.1 Å². The van der Waals surface area contributed by atoms with Crippen LogP contribution >= 0.6 is 0 Å². The predicted octanol–water partition coefficient (Wildman–Crippen LogP) is 3.64. The summed E-state index contributed by atoms with van der Waals surface area (Å²) in [5.41, 5.74) is 1.43. The monoisotopic (exact) mass is 365 g/mol. The van der Waals surface area contributed by atoms with E-state index in [4.69, 9.17) is 0 Å². The lowest BCUT2D eigenvalue weighted by atomic mass is 9.96. The summed E-state index contributed by atoms with van der Waals surface area (Å²) in [7, 11) is 0. The highest BCUT2D eigenvalue weighted by molar-refractivity contribution is 5.92. The first kappa shape index (κ1) is 17.1. The van der Waals surface area contributed by atoms with Gasteiger partial charge in [-0.2, -0.15) is 4.98 Å². The minimum absolute atomic E-state index is 0.00288. The molecule has 1 aromatic carbocycles. The van der Waals surface area contributed by atoms with E-state index in [0.717, 1.165) is 12.8 Å². The summed E-state index contributed by atoms with van der Waals surface area (Å²) in [5, 5.41) is 14.5. The molecule has 27 heavy (non-hydrogen) atoms. The number of nitro benzene ring substituents is 1. The van der Waals surface area contributed by atoms with Crippen LogP contribution in [-0.4, -0.2) is 25.9 Å². The Morgan fingerprint density at radius 1 is 1.11 bits per heavy atom. The summed E-state index contributed by atoms with van der Waals surface area (Å²) in [6, 6.07) is 8.12. The molecular weight excluding hydrogens is 346 g/mol. The van der Waals surface area contributed by atoms with Crippen LogP contribution in [0.4, 0.5) is 11.6 Å². The van der Waals surface area contributed by atoms with Gasteiger partial charge in [-0.15, -0.1) is 0 Å². The molecule has 0 unspecified atom stereocenters. The van der Waals surface area contributed by atoms with Crippen LogP contribution in [0.15, 0.2) is 41.3 Å². The van der Waals surface area contributed by atoms with Crippen molar-refractivity contribution in [3.63, 3.8) is 0 Å². The fourth-order valence-corrected chi connectivity index (χ4v) is 3.58. The number of aromatic nitrogens is 3. The maximum Gasteiger partial charge on any atom is 0.269 e. The molecule has 0 amide bonds. The average Bonchev–Trinajstić information content (AvgIpc) is 2.68. The lowest BCUT2D eigenvalue weighted by Crippen LogP contribution is -2.25. The van der Waals surface area contributed by atoms with Crippen molar-refractivity contribution in [3.8, 4) is 11.1 Å². The van der Waals surface area contributed by atoms with Crippen LogP contribution in [0, 0.1) is 10.1 Å². The molecule has 0 spiro atoms. The SMILES string of the molecule is O=c1[nH]c(NC2CCCCC2)nc2nccc(-c3ccc([N+](=O)[O-])cc3)c12. The van der Waals surface area contributed by atoms with E-state index in [0.29, 0.717) is 34.2 Å². The topological polar surface area (TPSA) is 114 Å². The predicted molar refractivity (Wildman–Crippen MR) is 103 cm³/mol. The molecule has 1 fully saturated rings. The number of non-ortho nitro benzene ring substituents is 1. The smallest absolute Gasteiger partial charge is 0.269 e. The number of pyridine rings is 1. The van der Waals surface area contributed by atoms with E-state index in [-0.39, 0.29) is 11.2 Å². The van der Waals surface area contributed by atoms with E-state index in [2.05, 4.69) is 20.3 Å². The quantitative estimate of drug-likeness (QED) is 0.539. The minimum atomic E-state index is -0.452. The Morgan fingerprint density at radius 2 is 1.85 bits per heavy atom. The Kier molecular flexibility index (Phi) is 4.53. The van der Waals surface area contributed by atoms with E-state index in [1.165, 1.54) is 31.4 Å². The Balaban J connectivity index is 1.72. The van der Waals surface area contributed by atoms with Gasteiger partial charge in [-0.1, -0.05) is 19.3 Å². The average molecular weight is 365 g/mol. The Labute approximate surface area is 154 Å². The third kappa shape index (κ3) is 3.51. The van der Waals surface area contributed by atoms with Crippen molar-refractivity contribution in [1.82, 2.24) is 15.0 Å². The van der Waals surface area contributed by atoms with E-state index in [1.807, 2.05) is 0 Å². The van der Waals surface area contributed by atoms with E-state index in [1.54, 1.807) is 24.4 Å². The lowest BCUT2D eigenvalue weighted by Gasteiger charge is -2.22. The van der Waals surface area contributed by atoms with Gasteiger partial charge < -0.3 is 5.32 Å². The zero-order valence-corrected chi connectivity index (χ0v) is 14.6. The summed E-state index contributed by atoms with van der Waals surface area (Å²) in [6.45, 7) is 0. The Bertz CT molecular complexity index is 1040. The van der Waals surface area contributed by atoms with Gasteiger partial charge in [0, 0.05) is 24.4 Å². The number of nitro groups is 1. The molecule has 0 bridgehead atoms. The van der Waals surface area contributed by atoms with Crippen molar-refractivity contribution in [2.24, 2.45) is 0 Å². The number of anilines is 1. The summed E-state index contributed by atoms with van der Waals surface area (Å²) in [6.07, 6.45) is 7.34. The number of H-pyrrole nitrogens is 1. The molecule has 4 rings (SSSR count). The van der Waals surface area contributed by atoms with Crippen LogP contribution in [0.2, 0.25) is 0 Å². The van der Waals surface area contributed by atoms with Gasteiger partial charge in [-0.3, -0.25) is 19.9 Å². The Hall–Kier alpha value is -3.29. The minimum Gasteiger partial charge on any atom is -0.353 e. The van der Waals surface area contributed by atoms with Crippen molar-refractivity contribution in [2.75, 3.05) is 5.32 Å². The number of hydrogen-bond acceptors (Lipinski definition) is 6. The third-order valence-corrected chi connectivity index (χ3v) is 4.94. The number of nitrogens with one attached hydrogen (secondary N) is 2. The van der Waals surface area contributed by atoms with Crippen LogP contribution in [-0.2, 0) is 0 Å². The number of benzene rings is 1. The first-order valence-corrected chi connectivity index (χ1v) is 9.02. The van der Waals surface area contributed by atoms with Crippen LogP contribution < -0.4 is 10.9 Å². The Morgan fingerprint density at radius 3 is 2.56 bits per heavy atom. The second-order valence-electron chi connectivity index (χ2n) is 6.75. The van der Waals surface area contributed by atoms with E-state index < -0.39 is 4.92 Å². The number of aromatic amines is 1. The zero-order valence-electron chi connectivity index (χ0n) is 14.6. The molecule has 8 nitrogen and oxygen atoms in total. The van der Waals surface area contributed by atoms with Gasteiger partial charge in [0.15, 0.2) is 5.65 Å². The highest BCUT2D eigenvalue weighted by Crippen LogP contribution is 2.27. The van der Waals surface area contributed by atoms with Crippen molar-refractivity contribution >= 4 is 22.7 Å². The fraction of sp³-hybridized carbons (Fsp3) is 0.316. The standard InChI is InChI=1S/C19H19N5O3/c25-18-16-15(12-6-8-14(9-7-12)24(26)27)10-11-20-17(16)22-19(23-18)21-13-4-2-1-3-5-13/h6-11,13H,1-5H2,(H2,20,21,22,23,25). The molecule has 2 N–H and O–H groups in total. The van der Waals surface area contributed by atoms with E-state index in [9.17, 15) is 14.9 Å². The maximum absolute atomic E-state index is 12.7. The molecule has 3 aromatic rings. The molecule has 0 atom stereocenters. The summed E-state index contributed by atoms with van der Waals surface area (Å²) < 4.78 is 0. The molecule has 138 valence electrons. The molecule has 0 radical (unpaired) electrons. The van der Waals surface area contributed by atoms with Gasteiger partial charge in [0.1, 0.15) is 0 Å². The van der Waals surface area contributed by atoms with Crippen molar-refractivity contribution in [1.29, 1.82) is 0 Å².